The molecule has 4 nitrogen and oxygen atoms in total. The first kappa shape index (κ1) is 10.2. The van der Waals surface area contributed by atoms with E-state index in [2.05, 4.69) is 10.1 Å². The van der Waals surface area contributed by atoms with Crippen molar-refractivity contribution in [3.63, 3.8) is 0 Å². The van der Waals surface area contributed by atoms with Gasteiger partial charge in [-0.05, 0) is 13.8 Å². The van der Waals surface area contributed by atoms with Gasteiger partial charge in [-0.15, -0.1) is 0 Å². The Hall–Kier alpha value is -1.31. The van der Waals surface area contributed by atoms with E-state index < -0.39 is 0 Å². The first-order valence-electron chi connectivity index (χ1n) is 4.17. The molecule has 0 atom stereocenters. The fourth-order valence-corrected chi connectivity index (χ4v) is 1.73. The van der Waals surface area contributed by atoms with E-state index in [1.54, 1.807) is 13.8 Å². The molecule has 0 unspecified atom stereocenters. The molecule has 6 heteroatoms. The molecule has 2 rings (SSSR count). The highest BCUT2D eigenvalue weighted by atomic mass is 35.5. The number of halogens is 2. The van der Waals surface area contributed by atoms with Crippen LogP contribution in [0, 0.1) is 25.2 Å². The molecular formula is C9H6Cl2N4. The Balaban J connectivity index is 3.00. The van der Waals surface area contributed by atoms with Gasteiger partial charge in [-0.25, -0.2) is 9.50 Å². The first-order valence-corrected chi connectivity index (χ1v) is 4.93. The molecular weight excluding hydrogens is 235 g/mol. The zero-order chi connectivity index (χ0) is 11.2. The van der Waals surface area contributed by atoms with E-state index in [9.17, 15) is 0 Å². The lowest BCUT2D eigenvalue weighted by Crippen LogP contribution is -1.96. The summed E-state index contributed by atoms with van der Waals surface area (Å²) >= 11 is 11.9. The van der Waals surface area contributed by atoms with E-state index in [1.165, 1.54) is 4.52 Å². The molecule has 0 saturated heterocycles. The summed E-state index contributed by atoms with van der Waals surface area (Å²) in [6.07, 6.45) is 0. The maximum Gasteiger partial charge on any atom is 0.176 e. The molecule has 2 heterocycles. The van der Waals surface area contributed by atoms with Crippen LogP contribution in [-0.2, 0) is 0 Å². The van der Waals surface area contributed by atoms with E-state index in [0.29, 0.717) is 32.8 Å². The molecule has 0 bridgehead atoms. The van der Waals surface area contributed by atoms with Crippen LogP contribution in [0.3, 0.4) is 0 Å². The highest BCUT2D eigenvalue weighted by Crippen LogP contribution is 2.25. The van der Waals surface area contributed by atoms with Crippen molar-refractivity contribution in [2.75, 3.05) is 0 Å². The monoisotopic (exact) mass is 240 g/mol. The molecule has 0 spiro atoms. The van der Waals surface area contributed by atoms with Crippen LogP contribution in [0.4, 0.5) is 0 Å². The van der Waals surface area contributed by atoms with Crippen LogP contribution in [0.5, 0.6) is 0 Å². The average molecular weight is 241 g/mol. The second-order valence-corrected chi connectivity index (χ2v) is 3.84. The van der Waals surface area contributed by atoms with E-state index in [-0.39, 0.29) is 0 Å². The number of aryl methyl sites for hydroxylation is 1. The molecule has 0 aliphatic heterocycles. The van der Waals surface area contributed by atoms with Gasteiger partial charge in [-0.3, -0.25) is 0 Å². The van der Waals surface area contributed by atoms with E-state index in [4.69, 9.17) is 28.5 Å². The summed E-state index contributed by atoms with van der Waals surface area (Å²) < 4.78 is 1.43. The second kappa shape index (κ2) is 3.37. The van der Waals surface area contributed by atoms with Gasteiger partial charge >= 0.3 is 0 Å². The Bertz CT molecular complexity index is 594. The van der Waals surface area contributed by atoms with Gasteiger partial charge in [0, 0.05) is 5.56 Å². The smallest absolute Gasteiger partial charge is 0.176 e. The Labute approximate surface area is 96.1 Å². The number of hydrogen-bond acceptors (Lipinski definition) is 3. The SMILES string of the molecule is Cc1nn2c(Cl)c(C)c(Cl)nc2c1C#N. The minimum atomic E-state index is 0.295. The van der Waals surface area contributed by atoms with Crippen molar-refractivity contribution >= 4 is 28.8 Å². The topological polar surface area (TPSA) is 54.0 Å². The van der Waals surface area contributed by atoms with Crippen LogP contribution in [0.1, 0.15) is 16.8 Å². The minimum Gasteiger partial charge on any atom is -0.215 e. The first-order chi connectivity index (χ1) is 7.06. The van der Waals surface area contributed by atoms with Gasteiger partial charge in [0.25, 0.3) is 0 Å². The Kier molecular flexibility index (Phi) is 2.29. The lowest BCUT2D eigenvalue weighted by atomic mass is 10.3. The van der Waals surface area contributed by atoms with E-state index >= 15 is 0 Å². The fraction of sp³-hybridized carbons (Fsp3) is 0.222. The fourth-order valence-electron chi connectivity index (χ4n) is 1.31. The third-order valence-corrected chi connectivity index (χ3v) is 2.97. The van der Waals surface area contributed by atoms with Crippen LogP contribution < -0.4 is 0 Å². The molecule has 0 amide bonds. The number of rotatable bonds is 0. The van der Waals surface area contributed by atoms with Gasteiger partial charge < -0.3 is 0 Å². The summed E-state index contributed by atoms with van der Waals surface area (Å²) in [6.45, 7) is 3.48. The largest absolute Gasteiger partial charge is 0.215 e. The standard InChI is InChI=1S/C9H6Cl2N4/c1-4-7(10)13-9-6(3-12)5(2)14-15(9)8(4)11/h1-2H3. The molecule has 76 valence electrons. The number of nitriles is 1. The van der Waals surface area contributed by atoms with Crippen molar-refractivity contribution < 1.29 is 0 Å². The molecule has 0 aliphatic carbocycles. The van der Waals surface area contributed by atoms with Gasteiger partial charge in [0.05, 0.1) is 5.69 Å². The molecule has 0 aromatic carbocycles. The van der Waals surface area contributed by atoms with Crippen molar-refractivity contribution in [2.45, 2.75) is 13.8 Å². The Morgan fingerprint density at radius 3 is 2.60 bits per heavy atom. The van der Waals surface area contributed by atoms with Gasteiger partial charge in [0.2, 0.25) is 0 Å². The molecule has 15 heavy (non-hydrogen) atoms. The number of nitrogens with zero attached hydrogens (tertiary/aromatic N) is 4. The van der Waals surface area contributed by atoms with Gasteiger partial charge in [-0.2, -0.15) is 10.4 Å². The minimum absolute atomic E-state index is 0.295. The normalized spacial score (nSPS) is 10.6. The van der Waals surface area contributed by atoms with Gasteiger partial charge in [0.1, 0.15) is 21.9 Å². The lowest BCUT2D eigenvalue weighted by Gasteiger charge is -2.02. The molecule has 0 aliphatic rings. The van der Waals surface area contributed by atoms with Gasteiger partial charge in [0.15, 0.2) is 5.65 Å². The van der Waals surface area contributed by atoms with Crippen molar-refractivity contribution in [3.8, 4) is 6.07 Å². The maximum absolute atomic E-state index is 8.93. The van der Waals surface area contributed by atoms with E-state index in [0.717, 1.165) is 0 Å². The van der Waals surface area contributed by atoms with Crippen LogP contribution in [-0.4, -0.2) is 14.6 Å². The summed E-state index contributed by atoms with van der Waals surface area (Å²) in [5, 5.41) is 13.7. The van der Waals surface area contributed by atoms with Crippen LogP contribution >= 0.6 is 23.2 Å². The summed E-state index contributed by atoms with van der Waals surface area (Å²) in [5.41, 5.74) is 2.04. The molecule has 2 aromatic rings. The van der Waals surface area contributed by atoms with Gasteiger partial charge in [-0.1, -0.05) is 23.2 Å². The highest BCUT2D eigenvalue weighted by Gasteiger charge is 2.15. The quantitative estimate of drug-likeness (QED) is 0.666. The summed E-state index contributed by atoms with van der Waals surface area (Å²) in [5.74, 6) is 0. The van der Waals surface area contributed by atoms with Crippen LogP contribution in [0.15, 0.2) is 0 Å². The second-order valence-electron chi connectivity index (χ2n) is 3.13. The molecule has 0 fully saturated rings. The third kappa shape index (κ3) is 1.36. The van der Waals surface area contributed by atoms with Crippen molar-refractivity contribution in [1.82, 2.24) is 14.6 Å². The number of fused-ring (bicyclic) bond motifs is 1. The zero-order valence-electron chi connectivity index (χ0n) is 8.04. The van der Waals surface area contributed by atoms with Crippen molar-refractivity contribution in [2.24, 2.45) is 0 Å². The van der Waals surface area contributed by atoms with Crippen molar-refractivity contribution in [1.29, 1.82) is 5.26 Å². The average Bonchev–Trinajstić information content (AvgIpc) is 2.51. The third-order valence-electron chi connectivity index (χ3n) is 2.16. The Morgan fingerprint density at radius 2 is 2.00 bits per heavy atom. The molecule has 0 saturated carbocycles. The molecule has 2 aromatic heterocycles. The zero-order valence-corrected chi connectivity index (χ0v) is 9.56. The predicted molar refractivity (Wildman–Crippen MR) is 57.2 cm³/mol. The Morgan fingerprint density at radius 1 is 1.33 bits per heavy atom. The summed E-state index contributed by atoms with van der Waals surface area (Å²) in [6, 6.07) is 2.03. The lowest BCUT2D eigenvalue weighted by molar-refractivity contribution is 0.908. The van der Waals surface area contributed by atoms with Crippen LogP contribution in [0.2, 0.25) is 10.3 Å². The summed E-state index contributed by atoms with van der Waals surface area (Å²) in [4.78, 5) is 4.09. The molecule has 0 radical (unpaired) electrons. The maximum atomic E-state index is 8.93. The van der Waals surface area contributed by atoms with E-state index in [1.807, 2.05) is 6.07 Å². The number of hydrogen-bond donors (Lipinski definition) is 0. The summed E-state index contributed by atoms with van der Waals surface area (Å²) in [7, 11) is 0. The highest BCUT2D eigenvalue weighted by molar-refractivity contribution is 6.34. The van der Waals surface area contributed by atoms with Crippen LogP contribution in [0.25, 0.3) is 5.65 Å². The predicted octanol–water partition coefficient (Wildman–Crippen LogP) is 2.52. The molecule has 0 N–H and O–H groups in total. The number of aromatic nitrogens is 3. The van der Waals surface area contributed by atoms with Crippen molar-refractivity contribution in [3.05, 3.63) is 27.1 Å².